The van der Waals surface area contributed by atoms with Gasteiger partial charge in [-0.1, -0.05) is 6.07 Å². The van der Waals surface area contributed by atoms with Gasteiger partial charge in [0.2, 0.25) is 0 Å². The van der Waals surface area contributed by atoms with E-state index in [0.717, 1.165) is 17.1 Å². The first-order valence-corrected chi connectivity index (χ1v) is 4.89. The lowest BCUT2D eigenvalue weighted by molar-refractivity contribution is 1.06. The number of hydrazine groups is 1. The molecule has 0 amide bonds. The summed E-state index contributed by atoms with van der Waals surface area (Å²) in [5, 5.41) is 0. The average Bonchev–Trinajstić information content (AvgIpc) is 2.39. The lowest BCUT2D eigenvalue weighted by Gasteiger charge is -2.18. The van der Waals surface area contributed by atoms with Crippen molar-refractivity contribution in [3.05, 3.63) is 48.5 Å². The van der Waals surface area contributed by atoms with Crippen LogP contribution >= 0.6 is 12.4 Å². The predicted octanol–water partition coefficient (Wildman–Crippen LogP) is 1.91. The zero-order valence-electron chi connectivity index (χ0n) is 8.79. The minimum atomic E-state index is 0. The van der Waals surface area contributed by atoms with Crippen LogP contribution < -0.4 is 10.9 Å². The molecule has 6 heteroatoms. The molecule has 0 bridgehead atoms. The topological polar surface area (TPSA) is 62.2 Å². The standard InChI is InChI=1S/C11H9N5.ClH/c1-2-5-13-9(3-1)11-14-10-7-12-6-4-8(10)15-16-11;/h1-7,15H,(H,14,16);1H. The third-order valence-electron chi connectivity index (χ3n) is 2.26. The number of halogens is 1. The van der Waals surface area contributed by atoms with E-state index in [1.807, 2.05) is 24.3 Å². The Bertz CT molecular complexity index is 541. The van der Waals surface area contributed by atoms with Gasteiger partial charge in [-0.05, 0) is 18.2 Å². The monoisotopic (exact) mass is 247 g/mol. The molecule has 2 aromatic heterocycles. The van der Waals surface area contributed by atoms with Crippen molar-refractivity contribution in [2.75, 3.05) is 5.43 Å². The van der Waals surface area contributed by atoms with E-state index < -0.39 is 0 Å². The minimum Gasteiger partial charge on any atom is -0.297 e. The van der Waals surface area contributed by atoms with Gasteiger partial charge in [0, 0.05) is 12.4 Å². The van der Waals surface area contributed by atoms with Crippen molar-refractivity contribution in [2.24, 2.45) is 4.99 Å². The Labute approximate surface area is 104 Å². The van der Waals surface area contributed by atoms with Gasteiger partial charge in [-0.3, -0.25) is 20.8 Å². The fraction of sp³-hybridized carbons (Fsp3) is 0. The molecule has 0 aromatic carbocycles. The van der Waals surface area contributed by atoms with Gasteiger partial charge in [-0.25, -0.2) is 4.99 Å². The summed E-state index contributed by atoms with van der Waals surface area (Å²) in [5.74, 6) is 0.695. The summed E-state index contributed by atoms with van der Waals surface area (Å²) in [4.78, 5) is 12.7. The molecule has 0 saturated carbocycles. The summed E-state index contributed by atoms with van der Waals surface area (Å²) in [6.07, 6.45) is 5.17. The Morgan fingerprint density at radius 3 is 2.76 bits per heavy atom. The lowest BCUT2D eigenvalue weighted by Crippen LogP contribution is -2.33. The number of hydrogen-bond donors (Lipinski definition) is 2. The molecule has 1 aliphatic heterocycles. The summed E-state index contributed by atoms with van der Waals surface area (Å²) in [5.41, 5.74) is 8.57. The number of amidine groups is 1. The zero-order chi connectivity index (χ0) is 10.8. The molecular weight excluding hydrogens is 238 g/mol. The Morgan fingerprint density at radius 2 is 1.94 bits per heavy atom. The summed E-state index contributed by atoms with van der Waals surface area (Å²) in [6, 6.07) is 7.55. The van der Waals surface area contributed by atoms with Crippen LogP contribution in [0.2, 0.25) is 0 Å². The van der Waals surface area contributed by atoms with E-state index in [1.54, 1.807) is 18.6 Å². The SMILES string of the molecule is Cl.c1ccc(C2=Nc3cnccc3NN2)nc1. The van der Waals surface area contributed by atoms with Crippen molar-refractivity contribution in [3.63, 3.8) is 0 Å². The molecule has 0 saturated heterocycles. The van der Waals surface area contributed by atoms with Crippen LogP contribution in [0.1, 0.15) is 5.69 Å². The number of anilines is 1. The molecular formula is C11H10ClN5. The Kier molecular flexibility index (Phi) is 3.20. The molecule has 17 heavy (non-hydrogen) atoms. The minimum absolute atomic E-state index is 0. The highest BCUT2D eigenvalue weighted by molar-refractivity contribution is 6.01. The molecule has 0 aliphatic carbocycles. The zero-order valence-corrected chi connectivity index (χ0v) is 9.61. The van der Waals surface area contributed by atoms with Gasteiger partial charge in [-0.15, -0.1) is 12.4 Å². The number of fused-ring (bicyclic) bond motifs is 1. The van der Waals surface area contributed by atoms with Crippen molar-refractivity contribution in [2.45, 2.75) is 0 Å². The molecule has 0 spiro atoms. The van der Waals surface area contributed by atoms with Gasteiger partial charge >= 0.3 is 0 Å². The first-order valence-electron chi connectivity index (χ1n) is 4.89. The van der Waals surface area contributed by atoms with E-state index in [1.165, 1.54) is 0 Å². The second kappa shape index (κ2) is 4.80. The molecule has 2 aromatic rings. The molecule has 3 heterocycles. The quantitative estimate of drug-likeness (QED) is 0.808. The van der Waals surface area contributed by atoms with Crippen LogP contribution in [-0.2, 0) is 0 Å². The van der Waals surface area contributed by atoms with Crippen molar-refractivity contribution in [3.8, 4) is 0 Å². The number of rotatable bonds is 1. The van der Waals surface area contributed by atoms with Crippen molar-refractivity contribution < 1.29 is 0 Å². The fourth-order valence-corrected chi connectivity index (χ4v) is 1.48. The average molecular weight is 248 g/mol. The summed E-state index contributed by atoms with van der Waals surface area (Å²) >= 11 is 0. The highest BCUT2D eigenvalue weighted by Crippen LogP contribution is 2.25. The summed E-state index contributed by atoms with van der Waals surface area (Å²) < 4.78 is 0. The number of aliphatic imine (C=N–C) groups is 1. The Hall–Kier alpha value is -2.14. The van der Waals surface area contributed by atoms with Crippen LogP contribution in [0.4, 0.5) is 11.4 Å². The third kappa shape index (κ3) is 2.19. The predicted molar refractivity (Wildman–Crippen MR) is 68.7 cm³/mol. The highest BCUT2D eigenvalue weighted by atomic mass is 35.5. The largest absolute Gasteiger partial charge is 0.297 e. The molecule has 1 aliphatic rings. The Morgan fingerprint density at radius 1 is 1.00 bits per heavy atom. The first-order chi connectivity index (χ1) is 7.93. The van der Waals surface area contributed by atoms with Crippen LogP contribution in [0.3, 0.4) is 0 Å². The normalized spacial score (nSPS) is 12.4. The van der Waals surface area contributed by atoms with E-state index in [0.29, 0.717) is 5.84 Å². The fourth-order valence-electron chi connectivity index (χ4n) is 1.48. The first kappa shape index (κ1) is 11.3. The number of aromatic nitrogens is 2. The highest BCUT2D eigenvalue weighted by Gasteiger charge is 2.12. The van der Waals surface area contributed by atoms with E-state index in [9.17, 15) is 0 Å². The maximum Gasteiger partial charge on any atom is 0.171 e. The maximum atomic E-state index is 4.43. The molecule has 3 rings (SSSR count). The molecule has 0 unspecified atom stereocenters. The van der Waals surface area contributed by atoms with Crippen LogP contribution in [0, 0.1) is 0 Å². The second-order valence-electron chi connectivity index (χ2n) is 3.32. The van der Waals surface area contributed by atoms with Gasteiger partial charge in [0.1, 0.15) is 11.4 Å². The summed E-state index contributed by atoms with van der Waals surface area (Å²) in [7, 11) is 0. The lowest BCUT2D eigenvalue weighted by atomic mass is 10.3. The molecule has 0 fully saturated rings. The third-order valence-corrected chi connectivity index (χ3v) is 2.26. The van der Waals surface area contributed by atoms with E-state index in [2.05, 4.69) is 25.8 Å². The van der Waals surface area contributed by atoms with E-state index in [-0.39, 0.29) is 12.4 Å². The number of nitrogens with zero attached hydrogens (tertiary/aromatic N) is 3. The molecule has 0 atom stereocenters. The van der Waals surface area contributed by atoms with Crippen molar-refractivity contribution in [1.82, 2.24) is 15.4 Å². The molecule has 2 N–H and O–H groups in total. The number of pyridine rings is 2. The van der Waals surface area contributed by atoms with Gasteiger partial charge in [0.25, 0.3) is 0 Å². The van der Waals surface area contributed by atoms with Crippen molar-refractivity contribution in [1.29, 1.82) is 0 Å². The van der Waals surface area contributed by atoms with Gasteiger partial charge in [0.05, 0.1) is 11.9 Å². The van der Waals surface area contributed by atoms with E-state index in [4.69, 9.17) is 0 Å². The maximum absolute atomic E-state index is 4.43. The van der Waals surface area contributed by atoms with Gasteiger partial charge in [-0.2, -0.15) is 0 Å². The van der Waals surface area contributed by atoms with Crippen LogP contribution in [0.25, 0.3) is 0 Å². The van der Waals surface area contributed by atoms with Crippen LogP contribution in [0.15, 0.2) is 47.8 Å². The number of hydrogen-bond acceptors (Lipinski definition) is 5. The summed E-state index contributed by atoms with van der Waals surface area (Å²) in [6.45, 7) is 0. The molecule has 86 valence electrons. The van der Waals surface area contributed by atoms with Crippen LogP contribution in [0.5, 0.6) is 0 Å². The second-order valence-corrected chi connectivity index (χ2v) is 3.32. The number of nitrogens with one attached hydrogen (secondary N) is 2. The van der Waals surface area contributed by atoms with Gasteiger partial charge < -0.3 is 0 Å². The van der Waals surface area contributed by atoms with E-state index >= 15 is 0 Å². The Balaban J connectivity index is 0.00000108. The van der Waals surface area contributed by atoms with Crippen molar-refractivity contribution >= 4 is 29.6 Å². The molecule has 0 radical (unpaired) electrons. The molecule has 5 nitrogen and oxygen atoms in total. The smallest absolute Gasteiger partial charge is 0.171 e. The van der Waals surface area contributed by atoms with Gasteiger partial charge in [0.15, 0.2) is 5.84 Å². The van der Waals surface area contributed by atoms with Crippen LogP contribution in [-0.4, -0.2) is 15.8 Å².